The first-order valence-corrected chi connectivity index (χ1v) is 7.97. The minimum atomic E-state index is -0.323. The quantitative estimate of drug-likeness (QED) is 0.761. The maximum atomic E-state index is 12.9. The van der Waals surface area contributed by atoms with Gasteiger partial charge in [0.05, 0.1) is 0 Å². The molecule has 0 saturated carbocycles. The Kier molecular flexibility index (Phi) is 4.88. The average Bonchev–Trinajstić information content (AvgIpc) is 3.06. The van der Waals surface area contributed by atoms with Gasteiger partial charge in [-0.1, -0.05) is 23.4 Å². The SMILES string of the molecule is Cc1cccc(C)c1NC(=O)CCc1nc(-c2ccc(F)cc2)no1. The number of aromatic nitrogens is 2. The number of para-hydroxylation sites is 1. The topological polar surface area (TPSA) is 68.0 Å². The molecule has 0 spiro atoms. The molecule has 0 aliphatic carbocycles. The third-order valence-electron chi connectivity index (χ3n) is 3.88. The molecule has 0 atom stereocenters. The molecule has 25 heavy (non-hydrogen) atoms. The van der Waals surface area contributed by atoms with Crippen LogP contribution in [-0.4, -0.2) is 16.0 Å². The van der Waals surface area contributed by atoms with Crippen molar-refractivity contribution in [2.45, 2.75) is 26.7 Å². The normalized spacial score (nSPS) is 10.7. The van der Waals surface area contributed by atoms with E-state index in [2.05, 4.69) is 15.5 Å². The molecule has 0 saturated heterocycles. The van der Waals surface area contributed by atoms with Gasteiger partial charge < -0.3 is 9.84 Å². The molecule has 1 N–H and O–H groups in total. The molecule has 6 heteroatoms. The minimum Gasteiger partial charge on any atom is -0.339 e. The van der Waals surface area contributed by atoms with Crippen molar-refractivity contribution in [3.63, 3.8) is 0 Å². The molecule has 0 radical (unpaired) electrons. The number of aryl methyl sites for hydroxylation is 3. The van der Waals surface area contributed by atoms with Crippen LogP contribution in [0.2, 0.25) is 0 Å². The summed E-state index contributed by atoms with van der Waals surface area (Å²) in [5.41, 5.74) is 3.54. The van der Waals surface area contributed by atoms with Gasteiger partial charge in [-0.2, -0.15) is 4.98 Å². The number of carbonyl (C=O) groups excluding carboxylic acids is 1. The number of halogens is 1. The monoisotopic (exact) mass is 339 g/mol. The van der Waals surface area contributed by atoms with Crippen LogP contribution in [0.1, 0.15) is 23.4 Å². The Labute approximate surface area is 144 Å². The number of benzene rings is 2. The second kappa shape index (κ2) is 7.25. The first-order valence-electron chi connectivity index (χ1n) is 7.97. The summed E-state index contributed by atoms with van der Waals surface area (Å²) < 4.78 is 18.1. The summed E-state index contributed by atoms with van der Waals surface area (Å²) in [6, 6.07) is 11.7. The maximum absolute atomic E-state index is 12.9. The van der Waals surface area contributed by atoms with Crippen molar-refractivity contribution in [1.82, 2.24) is 10.1 Å². The van der Waals surface area contributed by atoms with E-state index in [0.717, 1.165) is 16.8 Å². The molecule has 3 aromatic rings. The van der Waals surface area contributed by atoms with Crippen molar-refractivity contribution in [1.29, 1.82) is 0 Å². The van der Waals surface area contributed by atoms with Gasteiger partial charge >= 0.3 is 0 Å². The summed E-state index contributed by atoms with van der Waals surface area (Å²) in [4.78, 5) is 16.4. The van der Waals surface area contributed by atoms with Crippen molar-refractivity contribution in [2.75, 3.05) is 5.32 Å². The van der Waals surface area contributed by atoms with E-state index in [1.165, 1.54) is 12.1 Å². The van der Waals surface area contributed by atoms with Gasteiger partial charge in [0, 0.05) is 24.1 Å². The Morgan fingerprint density at radius 3 is 2.48 bits per heavy atom. The number of nitrogens with one attached hydrogen (secondary N) is 1. The molecule has 3 rings (SSSR count). The highest BCUT2D eigenvalue weighted by Gasteiger charge is 2.12. The van der Waals surface area contributed by atoms with Crippen LogP contribution < -0.4 is 5.32 Å². The molecule has 1 amide bonds. The zero-order chi connectivity index (χ0) is 17.8. The third kappa shape index (κ3) is 4.09. The number of hydrogen-bond donors (Lipinski definition) is 1. The third-order valence-corrected chi connectivity index (χ3v) is 3.88. The highest BCUT2D eigenvalue weighted by atomic mass is 19.1. The van der Waals surface area contributed by atoms with Gasteiger partial charge in [-0.3, -0.25) is 4.79 Å². The van der Waals surface area contributed by atoms with E-state index in [4.69, 9.17) is 4.52 Å². The lowest BCUT2D eigenvalue weighted by Crippen LogP contribution is -2.14. The first kappa shape index (κ1) is 16.8. The first-order chi connectivity index (χ1) is 12.0. The molecule has 0 unspecified atom stereocenters. The van der Waals surface area contributed by atoms with Crippen LogP contribution >= 0.6 is 0 Å². The van der Waals surface area contributed by atoms with Gasteiger partial charge in [0.2, 0.25) is 17.6 Å². The lowest BCUT2D eigenvalue weighted by molar-refractivity contribution is -0.116. The van der Waals surface area contributed by atoms with Gasteiger partial charge in [0.1, 0.15) is 5.82 Å². The highest BCUT2D eigenvalue weighted by molar-refractivity contribution is 5.92. The molecule has 0 fully saturated rings. The van der Waals surface area contributed by atoms with Crippen molar-refractivity contribution in [3.05, 3.63) is 65.3 Å². The molecule has 128 valence electrons. The summed E-state index contributed by atoms with van der Waals surface area (Å²) in [7, 11) is 0. The number of rotatable bonds is 5. The van der Waals surface area contributed by atoms with Crippen molar-refractivity contribution >= 4 is 11.6 Å². The van der Waals surface area contributed by atoms with Gasteiger partial charge in [0.25, 0.3) is 0 Å². The average molecular weight is 339 g/mol. The number of anilines is 1. The fourth-order valence-electron chi connectivity index (χ4n) is 2.51. The molecule has 1 heterocycles. The fraction of sp³-hybridized carbons (Fsp3) is 0.211. The molecule has 1 aromatic heterocycles. The maximum Gasteiger partial charge on any atom is 0.227 e. The summed E-state index contributed by atoms with van der Waals surface area (Å²) in [5, 5.41) is 6.79. The van der Waals surface area contributed by atoms with Crippen LogP contribution in [0.25, 0.3) is 11.4 Å². The van der Waals surface area contributed by atoms with E-state index in [-0.39, 0.29) is 18.1 Å². The van der Waals surface area contributed by atoms with E-state index in [0.29, 0.717) is 23.7 Å². The van der Waals surface area contributed by atoms with Crippen molar-refractivity contribution < 1.29 is 13.7 Å². The van der Waals surface area contributed by atoms with Crippen LogP contribution in [-0.2, 0) is 11.2 Å². The second-order valence-corrected chi connectivity index (χ2v) is 5.83. The molecular formula is C19H18FN3O2. The standard InChI is InChI=1S/C19H18FN3O2/c1-12-4-3-5-13(2)18(12)21-16(24)10-11-17-22-19(23-25-17)14-6-8-15(20)9-7-14/h3-9H,10-11H2,1-2H3,(H,21,24). The predicted octanol–water partition coefficient (Wildman–Crippen LogP) is 4.06. The summed E-state index contributed by atoms with van der Waals surface area (Å²) in [6.07, 6.45) is 0.573. The number of carbonyl (C=O) groups is 1. The van der Waals surface area contributed by atoms with E-state index in [1.54, 1.807) is 12.1 Å². The van der Waals surface area contributed by atoms with Crippen molar-refractivity contribution in [3.8, 4) is 11.4 Å². The van der Waals surface area contributed by atoms with Gasteiger partial charge in [-0.15, -0.1) is 0 Å². The van der Waals surface area contributed by atoms with Crippen LogP contribution in [0.4, 0.5) is 10.1 Å². The van der Waals surface area contributed by atoms with Crippen molar-refractivity contribution in [2.24, 2.45) is 0 Å². The molecule has 0 aliphatic rings. The van der Waals surface area contributed by atoms with Crippen LogP contribution in [0.3, 0.4) is 0 Å². The van der Waals surface area contributed by atoms with Crippen LogP contribution in [0, 0.1) is 19.7 Å². The minimum absolute atomic E-state index is 0.112. The zero-order valence-corrected chi connectivity index (χ0v) is 14.0. The van der Waals surface area contributed by atoms with Gasteiger partial charge in [0.15, 0.2) is 0 Å². The molecular weight excluding hydrogens is 321 g/mol. The Bertz CT molecular complexity index is 868. The molecule has 0 bridgehead atoms. The van der Waals surface area contributed by atoms with Crippen LogP contribution in [0.5, 0.6) is 0 Å². The summed E-state index contributed by atoms with van der Waals surface area (Å²) in [5.74, 6) is 0.315. The van der Waals surface area contributed by atoms with Gasteiger partial charge in [-0.05, 0) is 49.2 Å². The Balaban J connectivity index is 1.60. The smallest absolute Gasteiger partial charge is 0.227 e. The zero-order valence-electron chi connectivity index (χ0n) is 14.0. The van der Waals surface area contributed by atoms with E-state index in [9.17, 15) is 9.18 Å². The second-order valence-electron chi connectivity index (χ2n) is 5.83. The van der Waals surface area contributed by atoms with Crippen LogP contribution in [0.15, 0.2) is 47.0 Å². The summed E-state index contributed by atoms with van der Waals surface area (Å²) in [6.45, 7) is 3.91. The Morgan fingerprint density at radius 1 is 1.12 bits per heavy atom. The fourth-order valence-corrected chi connectivity index (χ4v) is 2.51. The number of nitrogens with zero attached hydrogens (tertiary/aromatic N) is 2. The highest BCUT2D eigenvalue weighted by Crippen LogP contribution is 2.20. The predicted molar refractivity (Wildman–Crippen MR) is 92.6 cm³/mol. The Hall–Kier alpha value is -3.02. The summed E-state index contributed by atoms with van der Waals surface area (Å²) >= 11 is 0. The largest absolute Gasteiger partial charge is 0.339 e. The van der Waals surface area contributed by atoms with Gasteiger partial charge in [-0.25, -0.2) is 4.39 Å². The molecule has 2 aromatic carbocycles. The lowest BCUT2D eigenvalue weighted by Gasteiger charge is -2.10. The molecule has 5 nitrogen and oxygen atoms in total. The van der Waals surface area contributed by atoms with E-state index < -0.39 is 0 Å². The molecule has 0 aliphatic heterocycles. The van der Waals surface area contributed by atoms with E-state index >= 15 is 0 Å². The van der Waals surface area contributed by atoms with E-state index in [1.807, 2.05) is 32.0 Å². The Morgan fingerprint density at radius 2 is 1.80 bits per heavy atom. The number of hydrogen-bond acceptors (Lipinski definition) is 4. The number of amides is 1. The lowest BCUT2D eigenvalue weighted by atomic mass is 10.1.